The number of hydrogen-bond acceptors (Lipinski definition) is 2. The number of carbonyl (C=O) groups is 2. The van der Waals surface area contributed by atoms with Gasteiger partial charge in [-0.25, -0.2) is 9.18 Å². The minimum atomic E-state index is -0.845. The van der Waals surface area contributed by atoms with Crippen molar-refractivity contribution < 1.29 is 19.1 Å². The van der Waals surface area contributed by atoms with Gasteiger partial charge in [-0.15, -0.1) is 0 Å². The average Bonchev–Trinajstić information content (AvgIpc) is 2.36. The van der Waals surface area contributed by atoms with Crippen LogP contribution in [-0.2, 0) is 4.79 Å². The number of nitrogens with one attached hydrogen (secondary N) is 2. The molecule has 1 atom stereocenters. The third-order valence-corrected chi connectivity index (χ3v) is 2.56. The lowest BCUT2D eigenvalue weighted by Crippen LogP contribution is -2.32. The van der Waals surface area contributed by atoms with Crippen molar-refractivity contribution >= 4 is 17.7 Å². The first-order chi connectivity index (χ1) is 8.97. The number of urea groups is 1. The van der Waals surface area contributed by atoms with Crippen LogP contribution in [0.4, 0.5) is 14.9 Å². The number of carboxylic acid groups (broad SMARTS) is 1. The van der Waals surface area contributed by atoms with Gasteiger partial charge in [0.15, 0.2) is 0 Å². The molecule has 0 aromatic heterocycles. The van der Waals surface area contributed by atoms with Crippen molar-refractivity contribution in [2.45, 2.75) is 19.8 Å². The van der Waals surface area contributed by atoms with E-state index in [1.54, 1.807) is 0 Å². The second kappa shape index (κ2) is 7.35. The number of carboxylic acids is 1. The van der Waals surface area contributed by atoms with Gasteiger partial charge >= 0.3 is 12.0 Å². The summed E-state index contributed by atoms with van der Waals surface area (Å²) in [7, 11) is 0. The zero-order chi connectivity index (χ0) is 14.3. The molecule has 0 fully saturated rings. The standard InChI is InChI=1S/C13H17FN2O3/c1-9(2-7-12(17)18)8-15-13(19)16-11-5-3-10(14)4-6-11/h3-6,9H,2,7-8H2,1H3,(H,17,18)(H2,15,16,19). The Labute approximate surface area is 110 Å². The lowest BCUT2D eigenvalue weighted by atomic mass is 10.1. The van der Waals surface area contributed by atoms with E-state index in [1.807, 2.05) is 6.92 Å². The number of benzene rings is 1. The SMILES string of the molecule is CC(CCC(=O)O)CNC(=O)Nc1ccc(F)cc1. The molecule has 0 bridgehead atoms. The van der Waals surface area contributed by atoms with Crippen molar-refractivity contribution in [2.24, 2.45) is 5.92 Å². The highest BCUT2D eigenvalue weighted by Gasteiger charge is 2.07. The Morgan fingerprint density at radius 1 is 1.32 bits per heavy atom. The molecule has 0 saturated heterocycles. The Morgan fingerprint density at radius 3 is 2.53 bits per heavy atom. The van der Waals surface area contributed by atoms with Crippen molar-refractivity contribution in [3.63, 3.8) is 0 Å². The molecule has 19 heavy (non-hydrogen) atoms. The predicted octanol–water partition coefficient (Wildman–Crippen LogP) is 2.45. The normalized spacial score (nSPS) is 11.7. The van der Waals surface area contributed by atoms with Crippen LogP contribution in [0.3, 0.4) is 0 Å². The molecule has 0 radical (unpaired) electrons. The number of halogens is 1. The van der Waals surface area contributed by atoms with Crippen LogP contribution in [-0.4, -0.2) is 23.7 Å². The quantitative estimate of drug-likeness (QED) is 0.741. The molecule has 6 heteroatoms. The summed E-state index contributed by atoms with van der Waals surface area (Å²) in [6, 6.07) is 5.04. The maximum absolute atomic E-state index is 12.7. The van der Waals surface area contributed by atoms with Gasteiger partial charge in [0, 0.05) is 18.7 Å². The maximum Gasteiger partial charge on any atom is 0.319 e. The third kappa shape index (κ3) is 6.40. The van der Waals surface area contributed by atoms with E-state index in [0.717, 1.165) is 0 Å². The van der Waals surface area contributed by atoms with E-state index in [9.17, 15) is 14.0 Å². The smallest absolute Gasteiger partial charge is 0.319 e. The van der Waals surface area contributed by atoms with Crippen LogP contribution in [0.1, 0.15) is 19.8 Å². The number of hydrogen-bond donors (Lipinski definition) is 3. The summed E-state index contributed by atoms with van der Waals surface area (Å²) in [6.45, 7) is 2.25. The Kier molecular flexibility index (Phi) is 5.78. The molecular formula is C13H17FN2O3. The van der Waals surface area contributed by atoms with Gasteiger partial charge in [0.2, 0.25) is 0 Å². The molecule has 3 N–H and O–H groups in total. The molecule has 1 rings (SSSR count). The molecular weight excluding hydrogens is 251 g/mol. The summed E-state index contributed by atoms with van der Waals surface area (Å²) < 4.78 is 12.7. The lowest BCUT2D eigenvalue weighted by Gasteiger charge is -2.12. The molecule has 104 valence electrons. The van der Waals surface area contributed by atoms with Gasteiger partial charge in [-0.1, -0.05) is 6.92 Å². The Bertz CT molecular complexity index is 434. The summed E-state index contributed by atoms with van der Waals surface area (Å²) >= 11 is 0. The van der Waals surface area contributed by atoms with E-state index in [0.29, 0.717) is 18.7 Å². The molecule has 0 aliphatic rings. The fourth-order valence-corrected chi connectivity index (χ4v) is 1.45. The molecule has 0 aliphatic heterocycles. The van der Waals surface area contributed by atoms with Crippen LogP contribution < -0.4 is 10.6 Å². The molecule has 0 spiro atoms. The number of amides is 2. The predicted molar refractivity (Wildman–Crippen MR) is 69.5 cm³/mol. The van der Waals surface area contributed by atoms with Gasteiger partial charge in [0.1, 0.15) is 5.82 Å². The molecule has 1 aromatic rings. The highest BCUT2D eigenvalue weighted by molar-refractivity contribution is 5.89. The molecule has 1 aromatic carbocycles. The summed E-state index contributed by atoms with van der Waals surface area (Å²) in [5, 5.41) is 13.7. The first-order valence-electron chi connectivity index (χ1n) is 5.99. The minimum absolute atomic E-state index is 0.0788. The summed E-state index contributed by atoms with van der Waals surface area (Å²) in [5.74, 6) is -1.13. The largest absolute Gasteiger partial charge is 0.481 e. The van der Waals surface area contributed by atoms with Crippen LogP contribution in [0.15, 0.2) is 24.3 Å². The zero-order valence-electron chi connectivity index (χ0n) is 10.6. The minimum Gasteiger partial charge on any atom is -0.481 e. The lowest BCUT2D eigenvalue weighted by molar-refractivity contribution is -0.137. The number of anilines is 1. The van der Waals surface area contributed by atoms with Gasteiger partial charge in [0.05, 0.1) is 0 Å². The van der Waals surface area contributed by atoms with E-state index in [-0.39, 0.29) is 18.2 Å². The van der Waals surface area contributed by atoms with Gasteiger partial charge in [0.25, 0.3) is 0 Å². The Balaban J connectivity index is 2.27. The van der Waals surface area contributed by atoms with E-state index in [1.165, 1.54) is 24.3 Å². The van der Waals surface area contributed by atoms with Crippen LogP contribution in [0.2, 0.25) is 0 Å². The first kappa shape index (κ1) is 14.9. The topological polar surface area (TPSA) is 78.4 Å². The Hall–Kier alpha value is -2.11. The Morgan fingerprint density at radius 2 is 1.95 bits per heavy atom. The molecule has 2 amide bonds. The third-order valence-electron chi connectivity index (χ3n) is 2.56. The van der Waals surface area contributed by atoms with Crippen molar-refractivity contribution in [2.75, 3.05) is 11.9 Å². The summed E-state index contributed by atoms with van der Waals surface area (Å²) in [6.07, 6.45) is 0.592. The number of rotatable bonds is 6. The molecule has 5 nitrogen and oxygen atoms in total. The maximum atomic E-state index is 12.7. The van der Waals surface area contributed by atoms with E-state index in [4.69, 9.17) is 5.11 Å². The monoisotopic (exact) mass is 268 g/mol. The highest BCUT2D eigenvalue weighted by Crippen LogP contribution is 2.08. The van der Waals surface area contributed by atoms with Crippen molar-refractivity contribution in [1.82, 2.24) is 5.32 Å². The van der Waals surface area contributed by atoms with Gasteiger partial charge in [-0.3, -0.25) is 4.79 Å². The summed E-state index contributed by atoms with van der Waals surface area (Å²) in [4.78, 5) is 21.9. The van der Waals surface area contributed by atoms with Crippen molar-refractivity contribution in [3.05, 3.63) is 30.1 Å². The average molecular weight is 268 g/mol. The van der Waals surface area contributed by atoms with Crippen LogP contribution >= 0.6 is 0 Å². The summed E-state index contributed by atoms with van der Waals surface area (Å²) in [5.41, 5.74) is 0.497. The van der Waals surface area contributed by atoms with Crippen LogP contribution in [0, 0.1) is 11.7 Å². The van der Waals surface area contributed by atoms with Crippen molar-refractivity contribution in [1.29, 1.82) is 0 Å². The second-order valence-corrected chi connectivity index (χ2v) is 4.38. The van der Waals surface area contributed by atoms with Gasteiger partial charge in [-0.2, -0.15) is 0 Å². The molecule has 0 heterocycles. The van der Waals surface area contributed by atoms with Crippen LogP contribution in [0.25, 0.3) is 0 Å². The van der Waals surface area contributed by atoms with Gasteiger partial charge < -0.3 is 15.7 Å². The molecule has 1 unspecified atom stereocenters. The van der Waals surface area contributed by atoms with Crippen LogP contribution in [0.5, 0.6) is 0 Å². The van der Waals surface area contributed by atoms with Crippen molar-refractivity contribution in [3.8, 4) is 0 Å². The second-order valence-electron chi connectivity index (χ2n) is 4.38. The molecule has 0 aliphatic carbocycles. The van der Waals surface area contributed by atoms with E-state index in [2.05, 4.69) is 10.6 Å². The number of aliphatic carboxylic acids is 1. The highest BCUT2D eigenvalue weighted by atomic mass is 19.1. The first-order valence-corrected chi connectivity index (χ1v) is 5.99. The molecule has 0 saturated carbocycles. The van der Waals surface area contributed by atoms with Gasteiger partial charge in [-0.05, 0) is 36.6 Å². The van der Waals surface area contributed by atoms with E-state index < -0.39 is 12.0 Å². The fourth-order valence-electron chi connectivity index (χ4n) is 1.45. The fraction of sp³-hybridized carbons (Fsp3) is 0.385. The van der Waals surface area contributed by atoms with E-state index >= 15 is 0 Å². The number of carbonyl (C=O) groups excluding carboxylic acids is 1. The zero-order valence-corrected chi connectivity index (χ0v) is 10.6.